The molecule has 0 radical (unpaired) electrons. The van der Waals surface area contributed by atoms with Gasteiger partial charge < -0.3 is 30.3 Å². The summed E-state index contributed by atoms with van der Waals surface area (Å²) >= 11 is 0. The van der Waals surface area contributed by atoms with Gasteiger partial charge in [0.2, 0.25) is 0 Å². The molecule has 0 aromatic rings. The molecule has 0 fully saturated rings. The summed E-state index contributed by atoms with van der Waals surface area (Å²) in [6.45, 7) is -0.279. The molecule has 0 heterocycles. The third kappa shape index (κ3) is 6.13. The van der Waals surface area contributed by atoms with Gasteiger partial charge in [0.1, 0.15) is 0 Å². The topological polar surface area (TPSA) is 162 Å². The first kappa shape index (κ1) is 17.3. The molecular weight excluding hydrogens is 264 g/mol. The molecule has 0 rings (SSSR count). The zero-order valence-electron chi connectivity index (χ0n) is 9.98. The van der Waals surface area contributed by atoms with E-state index in [1.807, 2.05) is 0 Å². The highest BCUT2D eigenvalue weighted by Gasteiger charge is 2.46. The van der Waals surface area contributed by atoms with Crippen LogP contribution in [0.4, 0.5) is 0 Å². The molecule has 0 saturated heterocycles. The molecule has 0 aliphatic carbocycles. The lowest BCUT2D eigenvalue weighted by Crippen LogP contribution is -2.48. The van der Waals surface area contributed by atoms with Crippen LogP contribution in [0.25, 0.3) is 0 Å². The molecular formula is C10H16O9. The Hall–Kier alpha value is -1.71. The third-order valence-corrected chi connectivity index (χ3v) is 2.23. The molecule has 0 aliphatic heterocycles. The molecule has 1 atom stereocenters. The van der Waals surface area contributed by atoms with Crippen molar-refractivity contribution in [2.75, 3.05) is 6.61 Å². The first-order valence-corrected chi connectivity index (χ1v) is 5.37. The van der Waals surface area contributed by atoms with Gasteiger partial charge in [-0.1, -0.05) is 0 Å². The summed E-state index contributed by atoms with van der Waals surface area (Å²) in [6, 6.07) is 0. The zero-order valence-corrected chi connectivity index (χ0v) is 9.98. The van der Waals surface area contributed by atoms with Gasteiger partial charge in [0, 0.05) is 13.0 Å². The number of carboxylic acid groups (broad SMARTS) is 3. The number of aliphatic carboxylic acids is 3. The Morgan fingerprint density at radius 1 is 1.05 bits per heavy atom. The minimum absolute atomic E-state index is 0.0943. The number of aliphatic hydroxyl groups excluding tert-OH is 2. The Labute approximate surface area is 108 Å². The number of hydrogen-bond acceptors (Lipinski definition) is 6. The molecule has 9 heteroatoms. The fourth-order valence-corrected chi connectivity index (χ4v) is 1.42. The summed E-state index contributed by atoms with van der Waals surface area (Å²) in [7, 11) is 0. The van der Waals surface area contributed by atoms with E-state index in [2.05, 4.69) is 0 Å². The van der Waals surface area contributed by atoms with E-state index >= 15 is 0 Å². The highest BCUT2D eigenvalue weighted by Crippen LogP contribution is 2.24. The van der Waals surface area contributed by atoms with Crippen LogP contribution < -0.4 is 0 Å². The molecule has 0 saturated carbocycles. The van der Waals surface area contributed by atoms with Crippen LogP contribution in [-0.4, -0.2) is 61.9 Å². The van der Waals surface area contributed by atoms with Gasteiger partial charge in [0.15, 0.2) is 11.9 Å². The maximum atomic E-state index is 11.1. The highest BCUT2D eigenvalue weighted by atomic mass is 16.6. The molecule has 0 aromatic heterocycles. The number of carboxylic acids is 3. The quantitative estimate of drug-likeness (QED) is 0.311. The van der Waals surface area contributed by atoms with E-state index in [1.54, 1.807) is 0 Å². The van der Waals surface area contributed by atoms with Gasteiger partial charge >= 0.3 is 17.9 Å². The average molecular weight is 280 g/mol. The second-order valence-corrected chi connectivity index (χ2v) is 3.88. The average Bonchev–Trinajstić information content (AvgIpc) is 2.23. The van der Waals surface area contributed by atoms with E-state index < -0.39 is 42.6 Å². The van der Waals surface area contributed by atoms with Crippen LogP contribution >= 0.6 is 0 Å². The lowest BCUT2D eigenvalue weighted by molar-refractivity contribution is -0.216. The SMILES string of the molecule is O=C(O)CC(CC(=O)O)(OC(O)CCCO)C(=O)O. The van der Waals surface area contributed by atoms with Gasteiger partial charge in [0.25, 0.3) is 0 Å². The van der Waals surface area contributed by atoms with Crippen molar-refractivity contribution in [3.8, 4) is 0 Å². The third-order valence-electron chi connectivity index (χ3n) is 2.23. The van der Waals surface area contributed by atoms with Gasteiger partial charge in [-0.2, -0.15) is 0 Å². The monoisotopic (exact) mass is 280 g/mol. The van der Waals surface area contributed by atoms with Crippen LogP contribution in [0.15, 0.2) is 0 Å². The van der Waals surface area contributed by atoms with Crippen molar-refractivity contribution in [3.63, 3.8) is 0 Å². The van der Waals surface area contributed by atoms with Crippen molar-refractivity contribution in [1.29, 1.82) is 0 Å². The Bertz CT molecular complexity index is 322. The van der Waals surface area contributed by atoms with Crippen molar-refractivity contribution in [1.82, 2.24) is 0 Å². The molecule has 5 N–H and O–H groups in total. The van der Waals surface area contributed by atoms with Crippen molar-refractivity contribution in [3.05, 3.63) is 0 Å². The van der Waals surface area contributed by atoms with Crippen LogP contribution in [0.3, 0.4) is 0 Å². The van der Waals surface area contributed by atoms with Gasteiger partial charge in [0.05, 0.1) is 12.8 Å². The van der Waals surface area contributed by atoms with Crippen molar-refractivity contribution in [2.45, 2.75) is 37.6 Å². The largest absolute Gasteiger partial charge is 0.481 e. The van der Waals surface area contributed by atoms with E-state index in [1.165, 1.54) is 0 Å². The second-order valence-electron chi connectivity index (χ2n) is 3.88. The maximum Gasteiger partial charge on any atom is 0.337 e. The first-order valence-electron chi connectivity index (χ1n) is 5.37. The van der Waals surface area contributed by atoms with Crippen LogP contribution in [0.2, 0.25) is 0 Å². The fourth-order valence-electron chi connectivity index (χ4n) is 1.42. The number of aliphatic hydroxyl groups is 2. The van der Waals surface area contributed by atoms with E-state index in [0.717, 1.165) is 0 Å². The van der Waals surface area contributed by atoms with Crippen molar-refractivity contribution in [2.24, 2.45) is 0 Å². The minimum Gasteiger partial charge on any atom is -0.481 e. The Kier molecular flexibility index (Phi) is 6.98. The van der Waals surface area contributed by atoms with E-state index in [-0.39, 0.29) is 19.4 Å². The summed E-state index contributed by atoms with van der Waals surface area (Å²) in [5.41, 5.74) is -2.55. The summed E-state index contributed by atoms with van der Waals surface area (Å²) in [5.74, 6) is -4.93. The number of ether oxygens (including phenoxy) is 1. The van der Waals surface area contributed by atoms with Crippen molar-refractivity contribution < 1.29 is 44.7 Å². The Morgan fingerprint density at radius 2 is 1.53 bits per heavy atom. The van der Waals surface area contributed by atoms with Crippen LogP contribution in [-0.2, 0) is 19.1 Å². The molecule has 1 unspecified atom stereocenters. The summed E-state index contributed by atoms with van der Waals surface area (Å²) in [5, 5.41) is 44.2. The summed E-state index contributed by atoms with van der Waals surface area (Å²) in [6.07, 6.45) is -3.95. The lowest BCUT2D eigenvalue weighted by Gasteiger charge is -2.29. The predicted octanol–water partition coefficient (Wildman–Crippen LogP) is -1.13. The van der Waals surface area contributed by atoms with E-state index in [4.69, 9.17) is 25.2 Å². The fraction of sp³-hybridized carbons (Fsp3) is 0.700. The number of rotatable bonds is 10. The van der Waals surface area contributed by atoms with Gasteiger partial charge in [-0.05, 0) is 6.42 Å². The van der Waals surface area contributed by atoms with Gasteiger partial charge in [-0.25, -0.2) is 4.79 Å². The molecule has 0 aliphatic rings. The molecule has 0 bridgehead atoms. The van der Waals surface area contributed by atoms with Gasteiger partial charge in [-0.3, -0.25) is 9.59 Å². The minimum atomic E-state index is -2.55. The zero-order chi connectivity index (χ0) is 15.1. The summed E-state index contributed by atoms with van der Waals surface area (Å²) < 4.78 is 4.71. The number of carbonyl (C=O) groups is 3. The second kappa shape index (κ2) is 7.67. The van der Waals surface area contributed by atoms with E-state index in [9.17, 15) is 19.5 Å². The standard InChI is InChI=1S/C10H16O9/c11-3-1-2-8(16)19-10(9(17)18,4-6(12)13)5-7(14)15/h8,11,16H,1-5H2,(H,12,13)(H,14,15)(H,17,18). The van der Waals surface area contributed by atoms with Crippen LogP contribution in [0.1, 0.15) is 25.7 Å². The van der Waals surface area contributed by atoms with Crippen LogP contribution in [0.5, 0.6) is 0 Å². The van der Waals surface area contributed by atoms with E-state index in [0.29, 0.717) is 0 Å². The lowest BCUT2D eigenvalue weighted by atomic mass is 9.95. The highest BCUT2D eigenvalue weighted by molar-refractivity contribution is 5.88. The number of hydrogen-bond donors (Lipinski definition) is 5. The van der Waals surface area contributed by atoms with Crippen LogP contribution in [0, 0.1) is 0 Å². The van der Waals surface area contributed by atoms with Crippen molar-refractivity contribution >= 4 is 17.9 Å². The normalized spacial score (nSPS) is 12.9. The molecule has 0 spiro atoms. The molecule has 0 amide bonds. The molecule has 0 aromatic carbocycles. The predicted molar refractivity (Wildman–Crippen MR) is 58.3 cm³/mol. The van der Waals surface area contributed by atoms with Gasteiger partial charge in [-0.15, -0.1) is 0 Å². The smallest absolute Gasteiger partial charge is 0.337 e. The Morgan fingerprint density at radius 3 is 1.84 bits per heavy atom. The summed E-state index contributed by atoms with van der Waals surface area (Å²) in [4.78, 5) is 32.4. The Balaban J connectivity index is 5.03. The molecule has 9 nitrogen and oxygen atoms in total. The maximum absolute atomic E-state index is 11.1. The molecule has 19 heavy (non-hydrogen) atoms. The molecule has 110 valence electrons. The first-order chi connectivity index (χ1) is 8.73.